The second kappa shape index (κ2) is 8.15. The number of ether oxygens (including phenoxy) is 2. The third kappa shape index (κ3) is 4.55. The summed E-state index contributed by atoms with van der Waals surface area (Å²) in [7, 11) is 1.64. The lowest BCUT2D eigenvalue weighted by Crippen LogP contribution is -2.29. The molecule has 0 N–H and O–H groups in total. The molecule has 1 heterocycles. The molecule has 1 fully saturated rings. The Labute approximate surface area is 127 Å². The Kier molecular flexibility index (Phi) is 6.21. The van der Waals surface area contributed by atoms with Crippen LogP contribution >= 0.6 is 0 Å². The van der Waals surface area contributed by atoms with Crippen molar-refractivity contribution in [2.75, 3.05) is 40.0 Å². The van der Waals surface area contributed by atoms with Crippen molar-refractivity contribution in [3.63, 3.8) is 0 Å². The third-order valence-electron chi connectivity index (χ3n) is 4.06. The maximum absolute atomic E-state index is 12.2. The van der Waals surface area contributed by atoms with E-state index in [2.05, 4.69) is 31.2 Å². The van der Waals surface area contributed by atoms with Gasteiger partial charge in [-0.2, -0.15) is 0 Å². The molecule has 1 saturated heterocycles. The van der Waals surface area contributed by atoms with Gasteiger partial charge in [-0.15, -0.1) is 0 Å². The Hall–Kier alpha value is -1.39. The molecule has 1 aromatic rings. The zero-order valence-corrected chi connectivity index (χ0v) is 13.0. The first-order chi connectivity index (χ1) is 10.2. The molecular formula is C17H25NO3. The zero-order chi connectivity index (χ0) is 15.1. The number of likely N-dealkylation sites (tertiary alicyclic amines) is 1. The second-order valence-electron chi connectivity index (χ2n) is 5.54. The lowest BCUT2D eigenvalue weighted by molar-refractivity contribution is -0.131. The maximum atomic E-state index is 12.2. The van der Waals surface area contributed by atoms with Crippen LogP contribution in [0.15, 0.2) is 24.3 Å². The molecule has 4 heteroatoms. The van der Waals surface area contributed by atoms with Crippen LogP contribution < -0.4 is 0 Å². The standard InChI is InChI=1S/C17H25NO3/c1-14-5-3-4-6-16(14)15-7-9-18(13-15)17(19)8-10-21-12-11-20-2/h3-6,15H,7-13H2,1-2H3/t15-/m0/s1. The summed E-state index contributed by atoms with van der Waals surface area (Å²) in [6.45, 7) is 5.44. The summed E-state index contributed by atoms with van der Waals surface area (Å²) in [5.41, 5.74) is 2.70. The van der Waals surface area contributed by atoms with E-state index in [9.17, 15) is 4.79 Å². The Morgan fingerprint density at radius 3 is 2.86 bits per heavy atom. The predicted octanol–water partition coefficient (Wildman–Crippen LogP) is 2.36. The SMILES string of the molecule is COCCOCCC(=O)N1CC[C@H](c2ccccc2C)C1. The van der Waals surface area contributed by atoms with Crippen molar-refractivity contribution in [1.29, 1.82) is 0 Å². The summed E-state index contributed by atoms with van der Waals surface area (Å²) in [5, 5.41) is 0. The highest BCUT2D eigenvalue weighted by atomic mass is 16.5. The zero-order valence-electron chi connectivity index (χ0n) is 13.0. The number of carbonyl (C=O) groups is 1. The highest BCUT2D eigenvalue weighted by molar-refractivity contribution is 5.76. The highest BCUT2D eigenvalue weighted by Gasteiger charge is 2.27. The smallest absolute Gasteiger partial charge is 0.224 e. The van der Waals surface area contributed by atoms with Crippen molar-refractivity contribution in [1.82, 2.24) is 4.90 Å². The van der Waals surface area contributed by atoms with Crippen LogP contribution in [0, 0.1) is 6.92 Å². The van der Waals surface area contributed by atoms with Crippen LogP contribution in [-0.4, -0.2) is 50.8 Å². The number of hydrogen-bond acceptors (Lipinski definition) is 3. The first-order valence-corrected chi connectivity index (χ1v) is 7.62. The molecule has 21 heavy (non-hydrogen) atoms. The van der Waals surface area contributed by atoms with Crippen LogP contribution in [0.4, 0.5) is 0 Å². The van der Waals surface area contributed by atoms with Crippen molar-refractivity contribution in [2.24, 2.45) is 0 Å². The Morgan fingerprint density at radius 1 is 1.29 bits per heavy atom. The molecule has 1 aliphatic rings. The van der Waals surface area contributed by atoms with E-state index in [4.69, 9.17) is 9.47 Å². The Morgan fingerprint density at radius 2 is 2.10 bits per heavy atom. The van der Waals surface area contributed by atoms with E-state index in [0.29, 0.717) is 32.2 Å². The van der Waals surface area contributed by atoms with Gasteiger partial charge in [0.25, 0.3) is 0 Å². The molecule has 1 aromatic carbocycles. The van der Waals surface area contributed by atoms with Crippen molar-refractivity contribution < 1.29 is 14.3 Å². The average molecular weight is 291 g/mol. The van der Waals surface area contributed by atoms with Crippen molar-refractivity contribution in [3.05, 3.63) is 35.4 Å². The Balaban J connectivity index is 1.77. The molecule has 1 atom stereocenters. The normalized spacial score (nSPS) is 18.2. The van der Waals surface area contributed by atoms with Crippen LogP contribution in [-0.2, 0) is 14.3 Å². The molecule has 1 aliphatic heterocycles. The number of amides is 1. The van der Waals surface area contributed by atoms with Gasteiger partial charge in [-0.05, 0) is 24.5 Å². The summed E-state index contributed by atoms with van der Waals surface area (Å²) in [5.74, 6) is 0.674. The van der Waals surface area contributed by atoms with Crippen LogP contribution in [0.2, 0.25) is 0 Å². The van der Waals surface area contributed by atoms with Gasteiger partial charge in [-0.25, -0.2) is 0 Å². The molecule has 0 unspecified atom stereocenters. The molecule has 1 amide bonds. The van der Waals surface area contributed by atoms with Crippen molar-refractivity contribution in [3.8, 4) is 0 Å². The molecule has 2 rings (SSSR count). The monoisotopic (exact) mass is 291 g/mol. The Bertz CT molecular complexity index is 461. The minimum atomic E-state index is 0.198. The van der Waals surface area contributed by atoms with E-state index in [0.717, 1.165) is 19.5 Å². The number of carbonyl (C=O) groups excluding carboxylic acids is 1. The minimum Gasteiger partial charge on any atom is -0.382 e. The largest absolute Gasteiger partial charge is 0.382 e. The molecule has 4 nitrogen and oxygen atoms in total. The van der Waals surface area contributed by atoms with Gasteiger partial charge in [0.2, 0.25) is 5.91 Å². The fraction of sp³-hybridized carbons (Fsp3) is 0.588. The van der Waals surface area contributed by atoms with Gasteiger partial charge in [-0.1, -0.05) is 24.3 Å². The molecule has 0 aliphatic carbocycles. The van der Waals surface area contributed by atoms with Crippen molar-refractivity contribution in [2.45, 2.75) is 25.7 Å². The first-order valence-electron chi connectivity index (χ1n) is 7.62. The molecule has 0 radical (unpaired) electrons. The van der Waals surface area contributed by atoms with Crippen LogP contribution in [0.3, 0.4) is 0 Å². The van der Waals surface area contributed by atoms with Gasteiger partial charge in [-0.3, -0.25) is 4.79 Å². The minimum absolute atomic E-state index is 0.198. The van der Waals surface area contributed by atoms with Crippen LogP contribution in [0.5, 0.6) is 0 Å². The summed E-state index contributed by atoms with van der Waals surface area (Å²) in [4.78, 5) is 14.1. The van der Waals surface area contributed by atoms with Crippen molar-refractivity contribution >= 4 is 5.91 Å². The lowest BCUT2D eigenvalue weighted by atomic mass is 9.94. The summed E-state index contributed by atoms with van der Waals surface area (Å²) in [6.07, 6.45) is 1.52. The van der Waals surface area contributed by atoms with E-state index in [1.165, 1.54) is 11.1 Å². The fourth-order valence-electron chi connectivity index (χ4n) is 2.85. The van der Waals surface area contributed by atoms with Gasteiger partial charge in [0, 0.05) is 26.1 Å². The summed E-state index contributed by atoms with van der Waals surface area (Å²) >= 11 is 0. The fourth-order valence-corrected chi connectivity index (χ4v) is 2.85. The molecule has 0 spiro atoms. The van der Waals surface area contributed by atoms with Gasteiger partial charge in [0.05, 0.1) is 26.2 Å². The molecule has 0 bridgehead atoms. The van der Waals surface area contributed by atoms with Gasteiger partial charge in [0.1, 0.15) is 0 Å². The number of benzene rings is 1. The van der Waals surface area contributed by atoms with Crippen LogP contribution in [0.25, 0.3) is 0 Å². The number of hydrogen-bond donors (Lipinski definition) is 0. The van der Waals surface area contributed by atoms with Gasteiger partial charge in [0.15, 0.2) is 0 Å². The van der Waals surface area contributed by atoms with E-state index in [1.54, 1.807) is 7.11 Å². The predicted molar refractivity (Wildman–Crippen MR) is 82.4 cm³/mol. The maximum Gasteiger partial charge on any atom is 0.224 e. The van der Waals surface area contributed by atoms with E-state index < -0.39 is 0 Å². The topological polar surface area (TPSA) is 38.8 Å². The molecule has 0 saturated carbocycles. The van der Waals surface area contributed by atoms with Crippen LogP contribution in [0.1, 0.15) is 29.9 Å². The second-order valence-corrected chi connectivity index (χ2v) is 5.54. The summed E-state index contributed by atoms with van der Waals surface area (Å²) < 4.78 is 10.3. The van der Waals surface area contributed by atoms with Gasteiger partial charge >= 0.3 is 0 Å². The van der Waals surface area contributed by atoms with Gasteiger partial charge < -0.3 is 14.4 Å². The lowest BCUT2D eigenvalue weighted by Gasteiger charge is -2.17. The summed E-state index contributed by atoms with van der Waals surface area (Å²) in [6, 6.07) is 8.47. The number of aryl methyl sites for hydroxylation is 1. The molecule has 0 aromatic heterocycles. The van der Waals surface area contributed by atoms with E-state index in [1.807, 2.05) is 4.90 Å². The quantitative estimate of drug-likeness (QED) is 0.724. The highest BCUT2D eigenvalue weighted by Crippen LogP contribution is 2.29. The number of methoxy groups -OCH3 is 1. The number of rotatable bonds is 7. The molecular weight excluding hydrogens is 266 g/mol. The third-order valence-corrected chi connectivity index (χ3v) is 4.06. The van der Waals surface area contributed by atoms with E-state index in [-0.39, 0.29) is 5.91 Å². The first kappa shape index (κ1) is 16.0. The molecule has 116 valence electrons. The average Bonchev–Trinajstić information content (AvgIpc) is 2.97. The van der Waals surface area contributed by atoms with E-state index >= 15 is 0 Å². The number of nitrogens with zero attached hydrogens (tertiary/aromatic N) is 1.